The minimum absolute atomic E-state index is 0.0361. The highest BCUT2D eigenvalue weighted by Gasteiger charge is 2.31. The molecule has 0 radical (unpaired) electrons. The van der Waals surface area contributed by atoms with Crippen LogP contribution in [0, 0.1) is 6.92 Å². The van der Waals surface area contributed by atoms with Crippen LogP contribution in [0.15, 0.2) is 69.1 Å². The van der Waals surface area contributed by atoms with Gasteiger partial charge in [0.15, 0.2) is 5.82 Å². The molecular formula is C23H26F3N7O3S. The number of halogens is 3. The first kappa shape index (κ1) is 29.3. The number of hydrazone groups is 1. The molecule has 14 heteroatoms. The Kier molecular flexibility index (Phi) is 11.5. The average Bonchev–Trinajstić information content (AvgIpc) is 2.78. The van der Waals surface area contributed by atoms with Crippen molar-refractivity contribution in [2.45, 2.75) is 39.5 Å². The van der Waals surface area contributed by atoms with Crippen molar-refractivity contribution in [1.82, 2.24) is 21.0 Å². The first-order chi connectivity index (χ1) is 17.6. The van der Waals surface area contributed by atoms with E-state index < -0.39 is 18.0 Å². The molecule has 0 aliphatic heterocycles. The number of amides is 2. The van der Waals surface area contributed by atoms with Crippen molar-refractivity contribution >= 4 is 28.9 Å². The number of nitrogens with zero attached hydrogens (tertiary/aromatic N) is 4. The zero-order valence-electron chi connectivity index (χ0n) is 20.3. The Balaban J connectivity index is 1.95. The molecule has 198 valence electrons. The van der Waals surface area contributed by atoms with Crippen LogP contribution in [-0.2, 0) is 22.4 Å². The first-order valence-electron chi connectivity index (χ1n) is 11.0. The average molecular weight is 538 g/mol. The number of amidine groups is 1. The van der Waals surface area contributed by atoms with Gasteiger partial charge in [0.05, 0.1) is 24.8 Å². The Morgan fingerprint density at radius 2 is 1.84 bits per heavy atom. The van der Waals surface area contributed by atoms with Gasteiger partial charge >= 0.3 is 6.36 Å². The smallest absolute Gasteiger partial charge is 0.406 e. The number of nitrogens with one attached hydrogen (secondary N) is 3. The van der Waals surface area contributed by atoms with Gasteiger partial charge in [0.25, 0.3) is 0 Å². The van der Waals surface area contributed by atoms with E-state index in [1.807, 2.05) is 19.9 Å². The fourth-order valence-corrected chi connectivity index (χ4v) is 3.33. The zero-order chi connectivity index (χ0) is 27.3. The zero-order valence-corrected chi connectivity index (χ0v) is 21.1. The maximum absolute atomic E-state index is 12.4. The number of rotatable bonds is 10. The summed E-state index contributed by atoms with van der Waals surface area (Å²) < 4.78 is 45.1. The van der Waals surface area contributed by atoms with Crippen LogP contribution in [0.3, 0.4) is 0 Å². The molecule has 1 heterocycles. The topological polar surface area (TPSA) is 129 Å². The van der Waals surface area contributed by atoms with Crippen molar-refractivity contribution in [3.05, 3.63) is 71.3 Å². The normalized spacial score (nSPS) is 12.4. The van der Waals surface area contributed by atoms with Gasteiger partial charge in [0.2, 0.25) is 17.0 Å². The Morgan fingerprint density at radius 1 is 1.11 bits per heavy atom. The maximum atomic E-state index is 12.4. The van der Waals surface area contributed by atoms with E-state index in [0.29, 0.717) is 17.7 Å². The molecule has 0 spiro atoms. The standard InChI is InChI=1S/C23H26F3N7O3S/c1-4-7-19(29-20(34)13-16-9-6-11-18(12-16)36-23(24,25)26)31-33-37-22(32-27-3)30-21(35)14-17-10-5-8-15(2)28-17/h5-12,27H,4,13-14H2,1-3H3,(H,29,34)(H,30,32,35)/b19-7-,33-31?. The molecular weight excluding hydrogens is 511 g/mol. The van der Waals surface area contributed by atoms with Crippen LogP contribution in [-0.4, -0.2) is 35.4 Å². The van der Waals surface area contributed by atoms with Crippen molar-refractivity contribution in [1.29, 1.82) is 0 Å². The first-order valence-corrected chi connectivity index (χ1v) is 11.7. The van der Waals surface area contributed by atoms with E-state index in [2.05, 4.69) is 40.5 Å². The van der Waals surface area contributed by atoms with Crippen molar-refractivity contribution in [3.63, 3.8) is 0 Å². The number of aromatic nitrogens is 1. The number of alkyl halides is 3. The fraction of sp³-hybridized carbons (Fsp3) is 0.304. The van der Waals surface area contributed by atoms with E-state index in [9.17, 15) is 22.8 Å². The summed E-state index contributed by atoms with van der Waals surface area (Å²) in [5.41, 5.74) is 4.26. The molecule has 0 aliphatic rings. The Labute approximate surface area is 216 Å². The van der Waals surface area contributed by atoms with Gasteiger partial charge in [-0.2, -0.15) is 5.10 Å². The van der Waals surface area contributed by atoms with E-state index in [1.54, 1.807) is 25.3 Å². The van der Waals surface area contributed by atoms with Crippen LogP contribution in [0.2, 0.25) is 0 Å². The van der Waals surface area contributed by atoms with Crippen LogP contribution in [0.25, 0.3) is 0 Å². The van der Waals surface area contributed by atoms with Crippen LogP contribution < -0.4 is 20.8 Å². The number of carbonyl (C=O) groups excluding carboxylic acids is 2. The van der Waals surface area contributed by atoms with Crippen molar-refractivity contribution < 1.29 is 27.5 Å². The molecule has 3 N–H and O–H groups in total. The SMILES string of the molecule is CC/C=C(\N=NS/C(=N\NC)NC(=O)Cc1cccc(C)n1)NC(=O)Cc1cccc(OC(F)(F)F)c1. The largest absolute Gasteiger partial charge is 0.573 e. The molecule has 1 aromatic carbocycles. The fourth-order valence-electron chi connectivity index (χ4n) is 2.84. The lowest BCUT2D eigenvalue weighted by Crippen LogP contribution is -2.31. The number of allylic oxidation sites excluding steroid dienone is 1. The number of pyridine rings is 1. The Hall–Kier alpha value is -3.94. The molecule has 0 saturated carbocycles. The van der Waals surface area contributed by atoms with E-state index in [4.69, 9.17) is 0 Å². The lowest BCUT2D eigenvalue weighted by Gasteiger charge is -2.10. The van der Waals surface area contributed by atoms with Gasteiger partial charge in [-0.15, -0.1) is 22.8 Å². The molecule has 2 amide bonds. The van der Waals surface area contributed by atoms with Gasteiger partial charge in [-0.05, 0) is 49.2 Å². The van der Waals surface area contributed by atoms with Crippen molar-refractivity contribution in [2.75, 3.05) is 7.05 Å². The monoisotopic (exact) mass is 537 g/mol. The summed E-state index contributed by atoms with van der Waals surface area (Å²) in [6, 6.07) is 10.5. The molecule has 0 fully saturated rings. The predicted molar refractivity (Wildman–Crippen MR) is 133 cm³/mol. The molecule has 1 aromatic heterocycles. The Bertz CT molecular complexity index is 1170. The lowest BCUT2D eigenvalue weighted by molar-refractivity contribution is -0.274. The molecule has 0 bridgehead atoms. The minimum atomic E-state index is -4.83. The number of hydrogen-bond acceptors (Lipinski definition) is 9. The number of aryl methyl sites for hydroxylation is 1. The number of hydrogen-bond donors (Lipinski definition) is 3. The highest BCUT2D eigenvalue weighted by molar-refractivity contribution is 8.12. The molecule has 0 unspecified atom stereocenters. The highest BCUT2D eigenvalue weighted by atomic mass is 32.2. The molecule has 0 aliphatic carbocycles. The number of benzene rings is 1. The number of carbonyl (C=O) groups is 2. The van der Waals surface area contributed by atoms with Crippen LogP contribution in [0.4, 0.5) is 13.2 Å². The third-order valence-corrected chi connectivity index (χ3v) is 4.71. The van der Waals surface area contributed by atoms with Gasteiger partial charge in [-0.25, -0.2) is 0 Å². The number of ether oxygens (including phenoxy) is 1. The van der Waals surface area contributed by atoms with Gasteiger partial charge in [-0.3, -0.25) is 14.6 Å². The maximum Gasteiger partial charge on any atom is 0.573 e. The highest BCUT2D eigenvalue weighted by Crippen LogP contribution is 2.23. The lowest BCUT2D eigenvalue weighted by atomic mass is 10.1. The molecule has 2 aromatic rings. The molecule has 2 rings (SSSR count). The van der Waals surface area contributed by atoms with Gasteiger partial charge in [-0.1, -0.05) is 25.1 Å². The van der Waals surface area contributed by atoms with Gasteiger partial charge in [0.1, 0.15) is 5.75 Å². The summed E-state index contributed by atoms with van der Waals surface area (Å²) in [6.07, 6.45) is -2.89. The Morgan fingerprint density at radius 3 is 2.51 bits per heavy atom. The molecule has 0 saturated heterocycles. The van der Waals surface area contributed by atoms with E-state index >= 15 is 0 Å². The summed E-state index contributed by atoms with van der Waals surface area (Å²) >= 11 is 0.759. The third kappa shape index (κ3) is 12.0. The summed E-state index contributed by atoms with van der Waals surface area (Å²) in [7, 11) is 1.54. The van der Waals surface area contributed by atoms with Gasteiger partial charge < -0.3 is 20.8 Å². The van der Waals surface area contributed by atoms with Crippen LogP contribution >= 0.6 is 11.9 Å². The van der Waals surface area contributed by atoms with Crippen molar-refractivity contribution in [3.8, 4) is 5.75 Å². The quantitative estimate of drug-likeness (QED) is 0.137. The minimum Gasteiger partial charge on any atom is -0.406 e. The summed E-state index contributed by atoms with van der Waals surface area (Å²) in [4.78, 5) is 29.0. The predicted octanol–water partition coefficient (Wildman–Crippen LogP) is 4.15. The van der Waals surface area contributed by atoms with Crippen LogP contribution in [0.1, 0.15) is 30.3 Å². The molecule has 10 nitrogen and oxygen atoms in total. The second kappa shape index (κ2) is 14.6. The molecule has 37 heavy (non-hydrogen) atoms. The second-order valence-corrected chi connectivity index (χ2v) is 8.06. The third-order valence-electron chi connectivity index (χ3n) is 4.18. The summed E-state index contributed by atoms with van der Waals surface area (Å²) in [5, 5.41) is 13.2. The second-order valence-electron chi connectivity index (χ2n) is 7.33. The van der Waals surface area contributed by atoms with Crippen LogP contribution in [0.5, 0.6) is 5.75 Å². The van der Waals surface area contributed by atoms with E-state index in [0.717, 1.165) is 29.8 Å². The van der Waals surface area contributed by atoms with E-state index in [1.165, 1.54) is 12.1 Å². The van der Waals surface area contributed by atoms with E-state index in [-0.39, 0.29) is 29.7 Å². The molecule has 0 atom stereocenters. The van der Waals surface area contributed by atoms with Crippen molar-refractivity contribution in [2.24, 2.45) is 14.7 Å². The summed E-state index contributed by atoms with van der Waals surface area (Å²) in [6.45, 7) is 3.64. The summed E-state index contributed by atoms with van der Waals surface area (Å²) in [5.74, 6) is -1.17. The van der Waals surface area contributed by atoms with Gasteiger partial charge in [0, 0.05) is 18.4 Å².